The van der Waals surface area contributed by atoms with Crippen LogP contribution in [0.3, 0.4) is 0 Å². The van der Waals surface area contributed by atoms with Crippen LogP contribution in [0.4, 0.5) is 5.69 Å². The van der Waals surface area contributed by atoms with E-state index in [-0.39, 0.29) is 17.9 Å². The molecule has 4 aliphatic rings. The first kappa shape index (κ1) is 31.3. The molecule has 4 heterocycles. The van der Waals surface area contributed by atoms with Gasteiger partial charge in [-0.2, -0.15) is 0 Å². The highest BCUT2D eigenvalue weighted by Crippen LogP contribution is 2.51. The number of anilines is 1. The van der Waals surface area contributed by atoms with Gasteiger partial charge in [-0.25, -0.2) is 0 Å². The van der Waals surface area contributed by atoms with Gasteiger partial charge in [-0.3, -0.25) is 14.5 Å². The molecule has 7 rings (SSSR count). The number of rotatable bonds is 10. The zero-order valence-corrected chi connectivity index (χ0v) is 27.8. The zero-order valence-electron chi connectivity index (χ0n) is 27.0. The molecule has 0 saturated carbocycles. The number of benzene rings is 3. The molecule has 2 amide bonds. The van der Waals surface area contributed by atoms with Crippen LogP contribution in [0.15, 0.2) is 76.5 Å². The Labute approximate surface area is 277 Å². The van der Waals surface area contributed by atoms with Crippen LogP contribution in [0.1, 0.15) is 72.5 Å². The molecule has 7 nitrogen and oxygen atoms in total. The van der Waals surface area contributed by atoms with E-state index in [1.807, 2.05) is 11.8 Å². The lowest BCUT2D eigenvalue weighted by Gasteiger charge is -2.40. The summed E-state index contributed by atoms with van der Waals surface area (Å²) in [6, 6.07) is 23.4. The zero-order chi connectivity index (χ0) is 31.5. The molecule has 2 fully saturated rings. The topological polar surface area (TPSA) is 65.1 Å². The molecule has 0 spiro atoms. The second kappa shape index (κ2) is 13.8. The van der Waals surface area contributed by atoms with Crippen molar-refractivity contribution in [2.75, 3.05) is 57.3 Å². The van der Waals surface area contributed by atoms with Crippen LogP contribution in [0.2, 0.25) is 0 Å². The molecule has 1 N–H and O–H groups in total. The second-order valence-electron chi connectivity index (χ2n) is 13.2. The molecule has 0 bridgehead atoms. The smallest absolute Gasteiger partial charge is 0.254 e. The van der Waals surface area contributed by atoms with Crippen molar-refractivity contribution in [3.8, 4) is 0 Å². The first-order valence-electron chi connectivity index (χ1n) is 17.2. The van der Waals surface area contributed by atoms with E-state index in [9.17, 15) is 9.59 Å². The highest BCUT2D eigenvalue weighted by Gasteiger charge is 2.46. The van der Waals surface area contributed by atoms with Gasteiger partial charge < -0.3 is 19.9 Å². The van der Waals surface area contributed by atoms with Gasteiger partial charge in [0, 0.05) is 73.5 Å². The molecule has 0 radical (unpaired) electrons. The fraction of sp³-hybridized carbons (Fsp3) is 0.474. The SMILES string of the molecule is CCNC(=O)C1(CCCCN2CCN(c3ccc4c(c3)C(=O)N(CC3CCCCO3)C4)CC2)c2ccccc2Sc2ccccc21. The van der Waals surface area contributed by atoms with Crippen LogP contribution in [-0.4, -0.2) is 80.1 Å². The number of carbonyl (C=O) groups is 2. The lowest BCUT2D eigenvalue weighted by atomic mass is 9.69. The molecular formula is C38H46N4O3S. The number of amides is 2. The minimum absolute atomic E-state index is 0.113. The van der Waals surface area contributed by atoms with Gasteiger partial charge in [0.25, 0.3) is 5.91 Å². The number of piperazine rings is 1. The average Bonchev–Trinajstić information content (AvgIpc) is 3.40. The van der Waals surface area contributed by atoms with Gasteiger partial charge in [0.1, 0.15) is 5.41 Å². The van der Waals surface area contributed by atoms with Gasteiger partial charge in [0.15, 0.2) is 0 Å². The molecule has 0 aromatic heterocycles. The van der Waals surface area contributed by atoms with Gasteiger partial charge in [0.2, 0.25) is 5.91 Å². The van der Waals surface area contributed by atoms with Crippen LogP contribution in [0, 0.1) is 0 Å². The number of hydrogen-bond acceptors (Lipinski definition) is 6. The Morgan fingerprint density at radius 3 is 2.39 bits per heavy atom. The summed E-state index contributed by atoms with van der Waals surface area (Å²) in [6.07, 6.45) is 6.35. The van der Waals surface area contributed by atoms with E-state index in [0.29, 0.717) is 19.6 Å². The summed E-state index contributed by atoms with van der Waals surface area (Å²) < 4.78 is 5.91. The minimum atomic E-state index is -0.669. The van der Waals surface area contributed by atoms with Gasteiger partial charge in [0.05, 0.1) is 6.10 Å². The summed E-state index contributed by atoms with van der Waals surface area (Å²) in [4.78, 5) is 36.5. The Balaban J connectivity index is 0.953. The normalized spacial score (nSPS) is 20.6. The number of ether oxygens (including phenoxy) is 1. The number of likely N-dealkylation sites (N-methyl/N-ethyl adjacent to an activating group) is 1. The number of nitrogens with zero attached hydrogens (tertiary/aromatic N) is 3. The third-order valence-electron chi connectivity index (χ3n) is 10.3. The van der Waals surface area contributed by atoms with Gasteiger partial charge in [-0.05, 0) is 86.5 Å². The first-order valence-corrected chi connectivity index (χ1v) is 18.0. The van der Waals surface area contributed by atoms with Crippen LogP contribution in [0.5, 0.6) is 0 Å². The molecule has 1 atom stereocenters. The maximum atomic E-state index is 13.9. The Morgan fingerprint density at radius 1 is 0.957 bits per heavy atom. The maximum Gasteiger partial charge on any atom is 0.254 e. The quantitative estimate of drug-likeness (QED) is 0.271. The van der Waals surface area contributed by atoms with Crippen LogP contribution in [0.25, 0.3) is 0 Å². The first-order chi connectivity index (χ1) is 22.6. The minimum Gasteiger partial charge on any atom is -0.376 e. The number of unbranched alkanes of at least 4 members (excludes halogenated alkanes) is 1. The third-order valence-corrected chi connectivity index (χ3v) is 11.5. The lowest BCUT2D eigenvalue weighted by molar-refractivity contribution is -0.125. The molecule has 242 valence electrons. The molecule has 2 saturated heterocycles. The lowest BCUT2D eigenvalue weighted by Crippen LogP contribution is -2.47. The highest BCUT2D eigenvalue weighted by molar-refractivity contribution is 7.99. The van der Waals surface area contributed by atoms with E-state index < -0.39 is 5.41 Å². The van der Waals surface area contributed by atoms with Gasteiger partial charge in [-0.15, -0.1) is 0 Å². The predicted octanol–water partition coefficient (Wildman–Crippen LogP) is 6.09. The predicted molar refractivity (Wildman–Crippen MR) is 184 cm³/mol. The number of carbonyl (C=O) groups excluding carboxylic acids is 2. The van der Waals surface area contributed by atoms with Crippen molar-refractivity contribution in [2.45, 2.75) is 73.3 Å². The van der Waals surface area contributed by atoms with Crippen molar-refractivity contribution >= 4 is 29.3 Å². The van der Waals surface area contributed by atoms with Gasteiger partial charge in [-0.1, -0.05) is 60.6 Å². The summed E-state index contributed by atoms with van der Waals surface area (Å²) in [5.74, 6) is 0.263. The largest absolute Gasteiger partial charge is 0.376 e. The average molecular weight is 639 g/mol. The number of fused-ring (bicyclic) bond motifs is 3. The Morgan fingerprint density at radius 2 is 1.70 bits per heavy atom. The second-order valence-corrected chi connectivity index (χ2v) is 14.2. The number of nitrogens with one attached hydrogen (secondary N) is 1. The molecular weight excluding hydrogens is 593 g/mol. The van der Waals surface area contributed by atoms with E-state index in [1.54, 1.807) is 11.8 Å². The molecule has 3 aromatic carbocycles. The molecule has 46 heavy (non-hydrogen) atoms. The van der Waals surface area contributed by atoms with Gasteiger partial charge >= 0.3 is 0 Å². The van der Waals surface area contributed by atoms with Crippen molar-refractivity contribution in [1.29, 1.82) is 0 Å². The van der Waals surface area contributed by atoms with Crippen molar-refractivity contribution in [2.24, 2.45) is 0 Å². The van der Waals surface area contributed by atoms with E-state index >= 15 is 0 Å². The number of hydrogen-bond donors (Lipinski definition) is 1. The Kier molecular flexibility index (Phi) is 9.38. The van der Waals surface area contributed by atoms with Crippen molar-refractivity contribution in [1.82, 2.24) is 15.1 Å². The Bertz CT molecular complexity index is 1520. The van der Waals surface area contributed by atoms with Crippen molar-refractivity contribution < 1.29 is 14.3 Å². The van der Waals surface area contributed by atoms with E-state index in [0.717, 1.165) is 99.4 Å². The maximum absolute atomic E-state index is 13.9. The van der Waals surface area contributed by atoms with Crippen molar-refractivity contribution in [3.05, 3.63) is 89.0 Å². The van der Waals surface area contributed by atoms with Crippen LogP contribution < -0.4 is 10.2 Å². The molecule has 0 aliphatic carbocycles. The highest BCUT2D eigenvalue weighted by atomic mass is 32.2. The summed E-state index contributed by atoms with van der Waals surface area (Å²) in [5, 5.41) is 3.19. The van der Waals surface area contributed by atoms with Crippen molar-refractivity contribution in [3.63, 3.8) is 0 Å². The van der Waals surface area contributed by atoms with Crippen LogP contribution in [-0.2, 0) is 21.5 Å². The third kappa shape index (κ3) is 6.07. The molecule has 8 heteroatoms. The fourth-order valence-electron chi connectivity index (χ4n) is 7.86. The summed E-state index contributed by atoms with van der Waals surface area (Å²) in [5.41, 5.74) is 4.75. The molecule has 1 unspecified atom stereocenters. The van der Waals surface area contributed by atoms with Crippen LogP contribution >= 0.6 is 11.8 Å². The summed E-state index contributed by atoms with van der Waals surface area (Å²) >= 11 is 1.78. The van der Waals surface area contributed by atoms with E-state index in [1.165, 1.54) is 16.2 Å². The molecule has 3 aromatic rings. The summed E-state index contributed by atoms with van der Waals surface area (Å²) in [6.45, 7) is 9.76. The van der Waals surface area contributed by atoms with E-state index in [4.69, 9.17) is 4.74 Å². The monoisotopic (exact) mass is 638 g/mol. The molecule has 4 aliphatic heterocycles. The van der Waals surface area contributed by atoms with E-state index in [2.05, 4.69) is 81.8 Å². The summed E-state index contributed by atoms with van der Waals surface area (Å²) in [7, 11) is 0. The fourth-order valence-corrected chi connectivity index (χ4v) is 9.10. The Hall–Kier alpha value is -3.33. The standard InChI is InChI=1S/C38H46N4O3S/c1-2-39-37(44)38(32-12-3-5-14-34(32)46-35-15-6-4-13-33(35)38)18-8-9-19-40-20-22-41(23-21-40)29-17-16-28-26-42(36(43)31(28)25-29)27-30-11-7-10-24-45-30/h3-6,12-17,25,30H,2,7-11,18-24,26-27H2,1H3,(H,39,44).